The fourth-order valence-corrected chi connectivity index (χ4v) is 4.17. The van der Waals surface area contributed by atoms with Crippen LogP contribution in [0.2, 0.25) is 0 Å². The molecule has 1 N–H and O–H groups in total. The number of carbonyl (C=O) groups excluding carboxylic acids is 1. The van der Waals surface area contributed by atoms with Crippen LogP contribution < -0.4 is 10.2 Å². The number of nitrogens with zero attached hydrogens (tertiary/aromatic N) is 2. The van der Waals surface area contributed by atoms with Crippen LogP contribution in [0.1, 0.15) is 54.4 Å². The predicted octanol–water partition coefficient (Wildman–Crippen LogP) is 4.04. The summed E-state index contributed by atoms with van der Waals surface area (Å²) < 4.78 is 0. The minimum atomic E-state index is 0. The van der Waals surface area contributed by atoms with Gasteiger partial charge in [0.25, 0.3) is 5.91 Å². The van der Waals surface area contributed by atoms with Crippen molar-refractivity contribution in [2.75, 3.05) is 37.6 Å². The van der Waals surface area contributed by atoms with E-state index in [2.05, 4.69) is 40.2 Å². The highest BCUT2D eigenvalue weighted by Crippen LogP contribution is 2.29. The number of amides is 1. The molecule has 1 amide bonds. The molecule has 0 atom stereocenters. The molecule has 27 heavy (non-hydrogen) atoms. The summed E-state index contributed by atoms with van der Waals surface area (Å²) in [4.78, 5) is 17.6. The van der Waals surface area contributed by atoms with Gasteiger partial charge in [-0.3, -0.25) is 4.79 Å². The van der Waals surface area contributed by atoms with Gasteiger partial charge < -0.3 is 15.1 Å². The molecule has 2 saturated heterocycles. The highest BCUT2D eigenvalue weighted by molar-refractivity contribution is 6.00. The molecular formula is C21H33Cl2N3O. The largest absolute Gasteiger partial charge is 0.371 e. The van der Waals surface area contributed by atoms with E-state index in [0.717, 1.165) is 56.2 Å². The van der Waals surface area contributed by atoms with Crippen molar-refractivity contribution in [2.24, 2.45) is 5.92 Å². The summed E-state index contributed by atoms with van der Waals surface area (Å²) in [6, 6.07) is 6.98. The Bertz CT molecular complexity index is 622. The van der Waals surface area contributed by atoms with E-state index in [9.17, 15) is 4.79 Å². The van der Waals surface area contributed by atoms with E-state index in [4.69, 9.17) is 0 Å². The summed E-state index contributed by atoms with van der Waals surface area (Å²) in [6.45, 7) is 7.18. The van der Waals surface area contributed by atoms with Crippen molar-refractivity contribution in [1.29, 1.82) is 0 Å². The lowest BCUT2D eigenvalue weighted by Gasteiger charge is -2.33. The van der Waals surface area contributed by atoms with E-state index in [1.165, 1.54) is 37.8 Å². The third-order valence-corrected chi connectivity index (χ3v) is 6.00. The average molecular weight is 414 g/mol. The van der Waals surface area contributed by atoms with Crippen LogP contribution in [0.4, 0.5) is 5.69 Å². The standard InChI is InChI=1S/C21H31N3O.2ClH/c1-16-4-7-20(23-10-2-3-11-23)19(14-16)21(25)24-12-8-18(9-13-24)22-15-17-5-6-17;;/h4,7,14,17-18,22H,2-3,5-6,8-13,15H2,1H3;2*1H. The second kappa shape index (κ2) is 9.99. The van der Waals surface area contributed by atoms with Crippen molar-refractivity contribution < 1.29 is 4.79 Å². The van der Waals surface area contributed by atoms with Gasteiger partial charge in [0.1, 0.15) is 0 Å². The van der Waals surface area contributed by atoms with E-state index < -0.39 is 0 Å². The molecule has 3 aliphatic rings. The Morgan fingerprint density at radius 3 is 2.33 bits per heavy atom. The lowest BCUT2D eigenvalue weighted by molar-refractivity contribution is 0.0705. The molecule has 2 aliphatic heterocycles. The first-order chi connectivity index (χ1) is 12.2. The van der Waals surface area contributed by atoms with E-state index in [-0.39, 0.29) is 30.7 Å². The van der Waals surface area contributed by atoms with Crippen LogP contribution in [0.25, 0.3) is 0 Å². The fraction of sp³-hybridized carbons (Fsp3) is 0.667. The van der Waals surface area contributed by atoms with Crippen molar-refractivity contribution in [2.45, 2.75) is 51.5 Å². The summed E-state index contributed by atoms with van der Waals surface area (Å²) in [5, 5.41) is 3.70. The highest BCUT2D eigenvalue weighted by Gasteiger charge is 2.28. The molecule has 0 radical (unpaired) electrons. The molecular weight excluding hydrogens is 381 g/mol. The zero-order chi connectivity index (χ0) is 17.2. The second-order valence-electron chi connectivity index (χ2n) is 8.13. The minimum absolute atomic E-state index is 0. The van der Waals surface area contributed by atoms with Gasteiger partial charge in [0.15, 0.2) is 0 Å². The number of halogens is 2. The van der Waals surface area contributed by atoms with E-state index in [1.54, 1.807) is 0 Å². The molecule has 4 nitrogen and oxygen atoms in total. The van der Waals surface area contributed by atoms with E-state index in [0.29, 0.717) is 6.04 Å². The monoisotopic (exact) mass is 413 g/mol. The molecule has 1 aromatic rings. The maximum absolute atomic E-state index is 13.2. The number of piperidine rings is 1. The Morgan fingerprint density at radius 1 is 1.04 bits per heavy atom. The maximum Gasteiger partial charge on any atom is 0.255 e. The lowest BCUT2D eigenvalue weighted by Crippen LogP contribution is -2.45. The summed E-state index contributed by atoms with van der Waals surface area (Å²) in [5.74, 6) is 1.15. The number of anilines is 1. The van der Waals surface area contributed by atoms with Gasteiger partial charge in [-0.05, 0) is 70.0 Å². The van der Waals surface area contributed by atoms with Crippen molar-refractivity contribution in [3.63, 3.8) is 0 Å². The third-order valence-electron chi connectivity index (χ3n) is 6.00. The van der Waals surface area contributed by atoms with Crippen LogP contribution in [-0.4, -0.2) is 49.6 Å². The highest BCUT2D eigenvalue weighted by atomic mass is 35.5. The molecule has 0 spiro atoms. The number of nitrogens with one attached hydrogen (secondary N) is 1. The van der Waals surface area contributed by atoms with Crippen LogP contribution >= 0.6 is 24.8 Å². The first-order valence-corrected chi connectivity index (χ1v) is 10.1. The van der Waals surface area contributed by atoms with Crippen molar-refractivity contribution in [3.05, 3.63) is 29.3 Å². The van der Waals surface area contributed by atoms with Gasteiger partial charge in [-0.15, -0.1) is 24.8 Å². The Hall–Kier alpha value is -0.970. The first-order valence-electron chi connectivity index (χ1n) is 10.1. The Labute approximate surface area is 175 Å². The Balaban J connectivity index is 0.00000131. The zero-order valence-electron chi connectivity index (χ0n) is 16.3. The molecule has 1 aliphatic carbocycles. The molecule has 6 heteroatoms. The quantitative estimate of drug-likeness (QED) is 0.790. The van der Waals surface area contributed by atoms with Crippen LogP contribution in [0.15, 0.2) is 18.2 Å². The van der Waals surface area contributed by atoms with Crippen LogP contribution in [-0.2, 0) is 0 Å². The number of likely N-dealkylation sites (tertiary alicyclic amines) is 1. The zero-order valence-corrected chi connectivity index (χ0v) is 17.9. The predicted molar refractivity (Wildman–Crippen MR) is 117 cm³/mol. The van der Waals surface area contributed by atoms with Crippen molar-refractivity contribution >= 4 is 36.4 Å². The van der Waals surface area contributed by atoms with Crippen LogP contribution in [0.3, 0.4) is 0 Å². The Morgan fingerprint density at radius 2 is 1.70 bits per heavy atom. The summed E-state index contributed by atoms with van der Waals surface area (Å²) in [5.41, 5.74) is 3.22. The molecule has 1 aromatic carbocycles. The molecule has 4 rings (SSSR count). The Kier molecular flexibility index (Phi) is 8.26. The first kappa shape index (κ1) is 22.3. The maximum atomic E-state index is 13.2. The summed E-state index contributed by atoms with van der Waals surface area (Å²) in [7, 11) is 0. The second-order valence-corrected chi connectivity index (χ2v) is 8.13. The molecule has 0 unspecified atom stereocenters. The number of rotatable bonds is 5. The number of hydrogen-bond acceptors (Lipinski definition) is 3. The minimum Gasteiger partial charge on any atom is -0.371 e. The van der Waals surface area contributed by atoms with Gasteiger partial charge in [0, 0.05) is 37.9 Å². The molecule has 3 fully saturated rings. The molecule has 2 heterocycles. The van der Waals surface area contributed by atoms with Crippen molar-refractivity contribution in [3.8, 4) is 0 Å². The smallest absolute Gasteiger partial charge is 0.255 e. The fourth-order valence-electron chi connectivity index (χ4n) is 4.17. The number of aryl methyl sites for hydroxylation is 1. The molecule has 152 valence electrons. The SMILES string of the molecule is Cc1ccc(N2CCCC2)c(C(=O)N2CCC(NCC3CC3)CC2)c1.Cl.Cl. The van der Waals surface area contributed by atoms with Gasteiger partial charge in [0.2, 0.25) is 0 Å². The van der Waals surface area contributed by atoms with Crippen molar-refractivity contribution in [1.82, 2.24) is 10.2 Å². The van der Waals surface area contributed by atoms with Gasteiger partial charge >= 0.3 is 0 Å². The van der Waals surface area contributed by atoms with Gasteiger partial charge in [-0.25, -0.2) is 0 Å². The van der Waals surface area contributed by atoms with E-state index >= 15 is 0 Å². The van der Waals surface area contributed by atoms with Gasteiger partial charge in [-0.2, -0.15) is 0 Å². The van der Waals surface area contributed by atoms with E-state index in [1.807, 2.05) is 0 Å². The van der Waals surface area contributed by atoms with Crippen LogP contribution in [0, 0.1) is 12.8 Å². The number of carbonyl (C=O) groups is 1. The van der Waals surface area contributed by atoms with Gasteiger partial charge in [-0.1, -0.05) is 11.6 Å². The number of hydrogen-bond donors (Lipinski definition) is 1. The van der Waals surface area contributed by atoms with Crippen LogP contribution in [0.5, 0.6) is 0 Å². The topological polar surface area (TPSA) is 35.6 Å². The molecule has 0 aromatic heterocycles. The summed E-state index contributed by atoms with van der Waals surface area (Å²) in [6.07, 6.45) is 7.44. The molecule has 0 bridgehead atoms. The van der Waals surface area contributed by atoms with Gasteiger partial charge in [0.05, 0.1) is 5.56 Å². The third kappa shape index (κ3) is 5.52. The number of benzene rings is 1. The lowest BCUT2D eigenvalue weighted by atomic mass is 10.0. The summed E-state index contributed by atoms with van der Waals surface area (Å²) >= 11 is 0. The molecule has 1 saturated carbocycles. The normalized spacial score (nSPS) is 20.2. The average Bonchev–Trinajstić information content (AvgIpc) is 3.31.